The predicted molar refractivity (Wildman–Crippen MR) is 91.3 cm³/mol. The maximum absolute atomic E-state index is 5.27. The van der Waals surface area contributed by atoms with E-state index >= 15 is 0 Å². The first-order valence-electron chi connectivity index (χ1n) is 7.39. The molecule has 0 amide bonds. The van der Waals surface area contributed by atoms with Gasteiger partial charge in [0.25, 0.3) is 0 Å². The third-order valence-electron chi connectivity index (χ3n) is 3.79. The molecule has 0 saturated carbocycles. The molecule has 0 aliphatic carbocycles. The van der Waals surface area contributed by atoms with Crippen molar-refractivity contribution in [1.82, 2.24) is 15.0 Å². The molecule has 2 aromatic carbocycles. The van der Waals surface area contributed by atoms with Crippen LogP contribution in [-0.4, -0.2) is 22.1 Å². The van der Waals surface area contributed by atoms with Crippen molar-refractivity contribution in [2.45, 2.75) is 0 Å². The van der Waals surface area contributed by atoms with E-state index in [9.17, 15) is 0 Å². The van der Waals surface area contributed by atoms with Crippen LogP contribution in [0.5, 0.6) is 5.75 Å². The van der Waals surface area contributed by atoms with Crippen LogP contribution in [0.2, 0.25) is 0 Å². The molecule has 4 aromatic rings. The molecular weight excluding hydrogens is 286 g/mol. The Labute approximate surface area is 133 Å². The highest BCUT2D eigenvalue weighted by atomic mass is 16.5. The normalized spacial score (nSPS) is 10.8. The number of imidazole rings is 1. The van der Waals surface area contributed by atoms with Gasteiger partial charge in [0, 0.05) is 17.3 Å². The molecule has 4 heteroatoms. The van der Waals surface area contributed by atoms with E-state index in [2.05, 4.69) is 33.2 Å². The van der Waals surface area contributed by atoms with E-state index in [4.69, 9.17) is 4.74 Å². The summed E-state index contributed by atoms with van der Waals surface area (Å²) in [6.07, 6.45) is 1.86. The minimum Gasteiger partial charge on any atom is -0.497 e. The fraction of sp³-hybridized carbons (Fsp3) is 0.0526. The van der Waals surface area contributed by atoms with E-state index in [0.29, 0.717) is 5.65 Å². The second-order valence-corrected chi connectivity index (χ2v) is 5.28. The molecule has 2 heterocycles. The van der Waals surface area contributed by atoms with Crippen molar-refractivity contribution >= 4 is 11.2 Å². The Morgan fingerprint density at radius 2 is 1.70 bits per heavy atom. The Bertz CT molecular complexity index is 961. The molecule has 0 radical (unpaired) electrons. The summed E-state index contributed by atoms with van der Waals surface area (Å²) in [5.41, 5.74) is 4.81. The summed E-state index contributed by atoms with van der Waals surface area (Å²) in [6.45, 7) is 0. The quantitative estimate of drug-likeness (QED) is 0.614. The van der Waals surface area contributed by atoms with E-state index in [0.717, 1.165) is 33.8 Å². The molecule has 1 N–H and O–H groups in total. The summed E-state index contributed by atoms with van der Waals surface area (Å²) < 4.78 is 5.27. The molecule has 0 unspecified atom stereocenters. The van der Waals surface area contributed by atoms with Gasteiger partial charge in [-0.1, -0.05) is 42.5 Å². The molecule has 0 bridgehead atoms. The van der Waals surface area contributed by atoms with Crippen LogP contribution in [0.25, 0.3) is 33.7 Å². The van der Waals surface area contributed by atoms with Gasteiger partial charge in [-0.15, -0.1) is 0 Å². The standard InChI is InChI=1S/C19H15N3O/c1-23-16-9-5-8-14(10-16)18-21-17-11-15(12-20-19(17)22-18)13-6-3-2-4-7-13/h2-12H,1H3,(H,20,21,22). The first kappa shape index (κ1) is 13.5. The highest BCUT2D eigenvalue weighted by molar-refractivity contribution is 5.81. The van der Waals surface area contributed by atoms with Crippen LogP contribution in [0.3, 0.4) is 0 Å². The third-order valence-corrected chi connectivity index (χ3v) is 3.79. The van der Waals surface area contributed by atoms with Crippen molar-refractivity contribution in [3.63, 3.8) is 0 Å². The Balaban J connectivity index is 1.79. The Morgan fingerprint density at radius 1 is 0.870 bits per heavy atom. The SMILES string of the molecule is COc1cccc(-c2nc3ncc(-c4ccccc4)cc3[nH]2)c1. The van der Waals surface area contributed by atoms with E-state index in [-0.39, 0.29) is 0 Å². The first-order valence-corrected chi connectivity index (χ1v) is 7.39. The number of pyridine rings is 1. The van der Waals surface area contributed by atoms with Crippen LogP contribution in [0.1, 0.15) is 0 Å². The van der Waals surface area contributed by atoms with E-state index < -0.39 is 0 Å². The molecule has 0 aliphatic heterocycles. The number of H-pyrrole nitrogens is 1. The van der Waals surface area contributed by atoms with Crippen molar-refractivity contribution in [2.24, 2.45) is 0 Å². The van der Waals surface area contributed by atoms with Crippen molar-refractivity contribution in [2.75, 3.05) is 7.11 Å². The molecule has 0 saturated heterocycles. The lowest BCUT2D eigenvalue weighted by Crippen LogP contribution is -1.84. The van der Waals surface area contributed by atoms with Crippen molar-refractivity contribution < 1.29 is 4.74 Å². The van der Waals surface area contributed by atoms with Gasteiger partial charge in [0.15, 0.2) is 5.65 Å². The van der Waals surface area contributed by atoms with Gasteiger partial charge in [0.1, 0.15) is 11.6 Å². The van der Waals surface area contributed by atoms with Crippen LogP contribution in [0.15, 0.2) is 66.9 Å². The van der Waals surface area contributed by atoms with Crippen molar-refractivity contribution in [3.05, 3.63) is 66.9 Å². The van der Waals surface area contributed by atoms with Crippen LogP contribution in [0.4, 0.5) is 0 Å². The van der Waals surface area contributed by atoms with Gasteiger partial charge in [0.2, 0.25) is 0 Å². The van der Waals surface area contributed by atoms with Gasteiger partial charge in [-0.25, -0.2) is 9.97 Å². The maximum atomic E-state index is 5.27. The zero-order chi connectivity index (χ0) is 15.6. The first-order chi connectivity index (χ1) is 11.3. The lowest BCUT2D eigenvalue weighted by molar-refractivity contribution is 0.415. The Morgan fingerprint density at radius 3 is 2.52 bits per heavy atom. The predicted octanol–water partition coefficient (Wildman–Crippen LogP) is 4.30. The van der Waals surface area contributed by atoms with E-state index in [1.807, 2.05) is 48.7 Å². The third kappa shape index (κ3) is 2.55. The summed E-state index contributed by atoms with van der Waals surface area (Å²) in [7, 11) is 1.66. The maximum Gasteiger partial charge on any atom is 0.178 e. The average Bonchev–Trinajstić information content (AvgIpc) is 3.06. The average molecular weight is 301 g/mol. The molecule has 0 spiro atoms. The summed E-state index contributed by atoms with van der Waals surface area (Å²) in [6, 6.07) is 20.1. The fourth-order valence-corrected chi connectivity index (χ4v) is 2.60. The summed E-state index contributed by atoms with van der Waals surface area (Å²) in [4.78, 5) is 12.4. The van der Waals surface area contributed by atoms with Crippen LogP contribution in [0, 0.1) is 0 Å². The number of fused-ring (bicyclic) bond motifs is 1. The van der Waals surface area contributed by atoms with Crippen LogP contribution >= 0.6 is 0 Å². The number of hydrogen-bond donors (Lipinski definition) is 1. The monoisotopic (exact) mass is 301 g/mol. The lowest BCUT2D eigenvalue weighted by atomic mass is 10.1. The number of hydrogen-bond acceptors (Lipinski definition) is 3. The number of aromatic nitrogens is 3. The van der Waals surface area contributed by atoms with Gasteiger partial charge < -0.3 is 9.72 Å². The summed E-state index contributed by atoms with van der Waals surface area (Å²) in [5, 5.41) is 0. The Kier molecular flexibility index (Phi) is 3.27. The van der Waals surface area contributed by atoms with Crippen molar-refractivity contribution in [1.29, 1.82) is 0 Å². The summed E-state index contributed by atoms with van der Waals surface area (Å²) >= 11 is 0. The minimum absolute atomic E-state index is 0.711. The topological polar surface area (TPSA) is 50.8 Å². The largest absolute Gasteiger partial charge is 0.497 e. The molecule has 4 rings (SSSR count). The lowest BCUT2D eigenvalue weighted by Gasteiger charge is -2.01. The second-order valence-electron chi connectivity index (χ2n) is 5.28. The molecule has 112 valence electrons. The highest BCUT2D eigenvalue weighted by Crippen LogP contribution is 2.26. The second kappa shape index (κ2) is 5.57. The van der Waals surface area contributed by atoms with Gasteiger partial charge in [-0.2, -0.15) is 0 Å². The zero-order valence-electron chi connectivity index (χ0n) is 12.7. The number of rotatable bonds is 3. The van der Waals surface area contributed by atoms with Gasteiger partial charge >= 0.3 is 0 Å². The summed E-state index contributed by atoms with van der Waals surface area (Å²) in [5.74, 6) is 1.59. The number of ether oxygens (including phenoxy) is 1. The van der Waals surface area contributed by atoms with Crippen molar-refractivity contribution in [3.8, 4) is 28.3 Å². The molecule has 2 aromatic heterocycles. The van der Waals surface area contributed by atoms with Gasteiger partial charge in [0.05, 0.1) is 12.6 Å². The number of methoxy groups -OCH3 is 1. The van der Waals surface area contributed by atoms with Gasteiger partial charge in [-0.05, 0) is 23.8 Å². The number of nitrogens with one attached hydrogen (secondary N) is 1. The molecule has 0 atom stereocenters. The number of aromatic amines is 1. The fourth-order valence-electron chi connectivity index (χ4n) is 2.60. The van der Waals surface area contributed by atoms with Crippen LogP contribution in [-0.2, 0) is 0 Å². The zero-order valence-corrected chi connectivity index (χ0v) is 12.7. The minimum atomic E-state index is 0.711. The highest BCUT2D eigenvalue weighted by Gasteiger charge is 2.08. The van der Waals surface area contributed by atoms with Gasteiger partial charge in [-0.3, -0.25) is 0 Å². The molecular formula is C19H15N3O. The van der Waals surface area contributed by atoms with E-state index in [1.54, 1.807) is 7.11 Å². The number of benzene rings is 2. The Hall–Kier alpha value is -3.14. The molecule has 23 heavy (non-hydrogen) atoms. The van der Waals surface area contributed by atoms with E-state index in [1.165, 1.54) is 0 Å². The number of nitrogens with zero attached hydrogens (tertiary/aromatic N) is 2. The van der Waals surface area contributed by atoms with Crippen LogP contribution < -0.4 is 4.74 Å². The smallest absolute Gasteiger partial charge is 0.178 e. The molecule has 4 nitrogen and oxygen atoms in total. The molecule has 0 aliphatic rings. The molecule has 0 fully saturated rings.